The highest BCUT2D eigenvalue weighted by Crippen LogP contribution is 2.35. The largest absolute Gasteiger partial charge is 0.398 e. The molecule has 0 aliphatic heterocycles. The van der Waals surface area contributed by atoms with Crippen molar-refractivity contribution in [2.75, 3.05) is 5.73 Å². The van der Waals surface area contributed by atoms with E-state index in [0.717, 1.165) is 23.0 Å². The van der Waals surface area contributed by atoms with Crippen LogP contribution in [0.15, 0.2) is 24.3 Å². The lowest BCUT2D eigenvalue weighted by Crippen LogP contribution is -2.01. The van der Waals surface area contributed by atoms with Gasteiger partial charge in [-0.05, 0) is 30.9 Å². The molecular formula is C16H20N2. The first-order chi connectivity index (χ1) is 8.79. The van der Waals surface area contributed by atoms with E-state index in [1.165, 1.54) is 36.9 Å². The predicted octanol–water partition coefficient (Wildman–Crippen LogP) is 4.04. The van der Waals surface area contributed by atoms with Crippen molar-refractivity contribution in [1.82, 2.24) is 4.98 Å². The molecule has 1 aliphatic carbocycles. The summed E-state index contributed by atoms with van der Waals surface area (Å²) < 4.78 is 0. The fourth-order valence-electron chi connectivity index (χ4n) is 3.07. The molecule has 0 amide bonds. The number of aryl methyl sites for hydroxylation is 1. The maximum atomic E-state index is 6.21. The van der Waals surface area contributed by atoms with Crippen LogP contribution in [0.1, 0.15) is 49.8 Å². The van der Waals surface area contributed by atoms with E-state index in [1.807, 2.05) is 0 Å². The molecule has 1 aromatic heterocycles. The Morgan fingerprint density at radius 1 is 1.28 bits per heavy atom. The summed E-state index contributed by atoms with van der Waals surface area (Å²) in [6, 6.07) is 8.41. The Bertz CT molecular complexity index is 569. The van der Waals surface area contributed by atoms with E-state index in [-0.39, 0.29) is 0 Å². The molecule has 2 aromatic rings. The molecule has 0 unspecified atom stereocenters. The minimum atomic E-state index is 0.626. The summed E-state index contributed by atoms with van der Waals surface area (Å²) in [5.41, 5.74) is 10.7. The van der Waals surface area contributed by atoms with Crippen molar-refractivity contribution in [3.8, 4) is 0 Å². The molecule has 3 rings (SSSR count). The third kappa shape index (κ3) is 1.86. The Morgan fingerprint density at radius 3 is 2.78 bits per heavy atom. The summed E-state index contributed by atoms with van der Waals surface area (Å²) in [5, 5.41) is 1.11. The highest BCUT2D eigenvalue weighted by molar-refractivity contribution is 5.92. The van der Waals surface area contributed by atoms with Gasteiger partial charge in [0.15, 0.2) is 0 Å². The average molecular weight is 240 g/mol. The molecule has 1 aromatic carbocycles. The van der Waals surface area contributed by atoms with Crippen LogP contribution in [-0.4, -0.2) is 4.98 Å². The zero-order valence-electron chi connectivity index (χ0n) is 10.9. The number of nitrogens with zero attached hydrogens (tertiary/aromatic N) is 1. The number of pyridine rings is 1. The SMILES string of the molecule is CCc1cccc2c(N)cc(C3CCCC3)nc12. The number of benzene rings is 1. The van der Waals surface area contributed by atoms with Crippen LogP contribution in [0.25, 0.3) is 10.9 Å². The highest BCUT2D eigenvalue weighted by atomic mass is 14.7. The molecule has 0 spiro atoms. The maximum absolute atomic E-state index is 6.21. The summed E-state index contributed by atoms with van der Waals surface area (Å²) in [4.78, 5) is 4.91. The molecule has 1 saturated carbocycles. The van der Waals surface area contributed by atoms with Gasteiger partial charge in [-0.25, -0.2) is 0 Å². The van der Waals surface area contributed by atoms with Gasteiger partial charge in [0.05, 0.1) is 5.52 Å². The van der Waals surface area contributed by atoms with Gasteiger partial charge < -0.3 is 5.73 Å². The number of hydrogen-bond acceptors (Lipinski definition) is 2. The van der Waals surface area contributed by atoms with Crippen LogP contribution in [0.5, 0.6) is 0 Å². The van der Waals surface area contributed by atoms with E-state index in [2.05, 4.69) is 31.2 Å². The fourth-order valence-corrected chi connectivity index (χ4v) is 3.07. The second-order valence-electron chi connectivity index (χ2n) is 5.28. The van der Waals surface area contributed by atoms with Crippen molar-refractivity contribution < 1.29 is 0 Å². The van der Waals surface area contributed by atoms with Gasteiger partial charge in [0.25, 0.3) is 0 Å². The van der Waals surface area contributed by atoms with Crippen molar-refractivity contribution in [3.63, 3.8) is 0 Å². The first kappa shape index (κ1) is 11.5. The number of nitrogen functional groups attached to an aromatic ring is 1. The molecule has 1 heterocycles. The minimum Gasteiger partial charge on any atom is -0.398 e. The number of hydrogen-bond donors (Lipinski definition) is 1. The van der Waals surface area contributed by atoms with Crippen molar-refractivity contribution in [1.29, 1.82) is 0 Å². The smallest absolute Gasteiger partial charge is 0.0757 e. The summed E-state index contributed by atoms with van der Waals surface area (Å²) in [6.45, 7) is 2.18. The highest BCUT2D eigenvalue weighted by Gasteiger charge is 2.19. The molecule has 2 N–H and O–H groups in total. The topological polar surface area (TPSA) is 38.9 Å². The minimum absolute atomic E-state index is 0.626. The van der Waals surface area contributed by atoms with Gasteiger partial charge in [-0.3, -0.25) is 4.98 Å². The van der Waals surface area contributed by atoms with E-state index in [0.29, 0.717) is 5.92 Å². The Balaban J connectivity index is 2.18. The van der Waals surface area contributed by atoms with Gasteiger partial charge in [0, 0.05) is 22.7 Å². The first-order valence-electron chi connectivity index (χ1n) is 6.97. The Kier molecular flexibility index (Phi) is 2.94. The zero-order valence-corrected chi connectivity index (χ0v) is 10.9. The summed E-state index contributed by atoms with van der Waals surface area (Å²) >= 11 is 0. The van der Waals surface area contributed by atoms with Crippen LogP contribution in [-0.2, 0) is 6.42 Å². The van der Waals surface area contributed by atoms with E-state index in [9.17, 15) is 0 Å². The number of rotatable bonds is 2. The molecule has 0 atom stereocenters. The maximum Gasteiger partial charge on any atom is 0.0757 e. The van der Waals surface area contributed by atoms with Crippen LogP contribution >= 0.6 is 0 Å². The fraction of sp³-hybridized carbons (Fsp3) is 0.438. The third-order valence-corrected chi connectivity index (χ3v) is 4.13. The molecule has 2 heteroatoms. The van der Waals surface area contributed by atoms with E-state index in [1.54, 1.807) is 0 Å². The van der Waals surface area contributed by atoms with Crippen molar-refractivity contribution >= 4 is 16.6 Å². The monoisotopic (exact) mass is 240 g/mol. The second kappa shape index (κ2) is 4.60. The van der Waals surface area contributed by atoms with E-state index in [4.69, 9.17) is 10.7 Å². The van der Waals surface area contributed by atoms with Gasteiger partial charge in [-0.2, -0.15) is 0 Å². The normalized spacial score (nSPS) is 16.5. The third-order valence-electron chi connectivity index (χ3n) is 4.13. The summed E-state index contributed by atoms with van der Waals surface area (Å²) in [6.07, 6.45) is 6.22. The average Bonchev–Trinajstić information content (AvgIpc) is 2.92. The van der Waals surface area contributed by atoms with Gasteiger partial charge in [-0.15, -0.1) is 0 Å². The first-order valence-corrected chi connectivity index (χ1v) is 6.97. The van der Waals surface area contributed by atoms with Crippen LogP contribution in [0.3, 0.4) is 0 Å². The van der Waals surface area contributed by atoms with Crippen LogP contribution in [0.2, 0.25) is 0 Å². The number of para-hydroxylation sites is 1. The van der Waals surface area contributed by atoms with Crippen LogP contribution in [0, 0.1) is 0 Å². The molecule has 1 fully saturated rings. The number of nitrogens with two attached hydrogens (primary N) is 1. The van der Waals surface area contributed by atoms with Crippen LogP contribution in [0.4, 0.5) is 5.69 Å². The molecule has 0 radical (unpaired) electrons. The Labute approximate surface area is 108 Å². The van der Waals surface area contributed by atoms with Crippen molar-refractivity contribution in [3.05, 3.63) is 35.5 Å². The van der Waals surface area contributed by atoms with Gasteiger partial charge in [0.2, 0.25) is 0 Å². The second-order valence-corrected chi connectivity index (χ2v) is 5.28. The summed E-state index contributed by atoms with van der Waals surface area (Å²) in [7, 11) is 0. The lowest BCUT2D eigenvalue weighted by Gasteiger charge is -2.13. The molecular weight excluding hydrogens is 220 g/mol. The molecule has 0 saturated heterocycles. The molecule has 18 heavy (non-hydrogen) atoms. The number of fused-ring (bicyclic) bond motifs is 1. The molecule has 94 valence electrons. The van der Waals surface area contributed by atoms with E-state index >= 15 is 0 Å². The van der Waals surface area contributed by atoms with Crippen LogP contribution < -0.4 is 5.73 Å². The Morgan fingerprint density at radius 2 is 2.06 bits per heavy atom. The quantitative estimate of drug-likeness (QED) is 0.860. The lowest BCUT2D eigenvalue weighted by atomic mass is 9.99. The lowest BCUT2D eigenvalue weighted by molar-refractivity contribution is 0.701. The van der Waals surface area contributed by atoms with Gasteiger partial charge in [-0.1, -0.05) is 38.0 Å². The standard InChI is InChI=1S/C16H20N2/c1-2-11-8-5-9-13-14(17)10-15(18-16(11)13)12-6-3-4-7-12/h5,8-10,12H,2-4,6-7H2,1H3,(H2,17,18). The van der Waals surface area contributed by atoms with Crippen molar-refractivity contribution in [2.24, 2.45) is 0 Å². The predicted molar refractivity (Wildman–Crippen MR) is 76.7 cm³/mol. The van der Waals surface area contributed by atoms with Gasteiger partial charge >= 0.3 is 0 Å². The zero-order chi connectivity index (χ0) is 12.5. The van der Waals surface area contributed by atoms with Crippen molar-refractivity contribution in [2.45, 2.75) is 44.9 Å². The number of aromatic nitrogens is 1. The van der Waals surface area contributed by atoms with Gasteiger partial charge in [0.1, 0.15) is 0 Å². The Hall–Kier alpha value is -1.57. The molecule has 0 bridgehead atoms. The molecule has 2 nitrogen and oxygen atoms in total. The molecule has 1 aliphatic rings. The summed E-state index contributed by atoms with van der Waals surface area (Å²) in [5.74, 6) is 0.626. The number of anilines is 1. The van der Waals surface area contributed by atoms with E-state index < -0.39 is 0 Å².